The van der Waals surface area contributed by atoms with Gasteiger partial charge in [0.25, 0.3) is 0 Å². The Balaban J connectivity index is 2.16. The summed E-state index contributed by atoms with van der Waals surface area (Å²) in [5.74, 6) is -1.36. The van der Waals surface area contributed by atoms with Crippen LogP contribution in [0.25, 0.3) is 0 Å². The lowest BCUT2D eigenvalue weighted by molar-refractivity contribution is -0.149. The number of carboxylic acids is 1. The Labute approximate surface area is 125 Å². The first-order valence-corrected chi connectivity index (χ1v) is 7.69. The fourth-order valence-corrected chi connectivity index (χ4v) is 3.13. The Kier molecular flexibility index (Phi) is 4.99. The first-order chi connectivity index (χ1) is 10.1. The summed E-state index contributed by atoms with van der Waals surface area (Å²) in [5, 5.41) is 12.4. The van der Waals surface area contributed by atoms with Crippen LogP contribution in [0.15, 0.2) is 30.3 Å². The van der Waals surface area contributed by atoms with Crippen LogP contribution >= 0.6 is 0 Å². The van der Waals surface area contributed by atoms with Gasteiger partial charge < -0.3 is 10.4 Å². The van der Waals surface area contributed by atoms with Crippen molar-refractivity contribution in [2.75, 3.05) is 0 Å². The van der Waals surface area contributed by atoms with E-state index in [1.807, 2.05) is 37.3 Å². The maximum absolute atomic E-state index is 12.6. The van der Waals surface area contributed by atoms with Crippen molar-refractivity contribution in [3.63, 3.8) is 0 Å². The highest BCUT2D eigenvalue weighted by molar-refractivity contribution is 5.90. The molecule has 1 atom stereocenters. The molecule has 1 saturated carbocycles. The molecule has 21 heavy (non-hydrogen) atoms. The Morgan fingerprint density at radius 3 is 2.33 bits per heavy atom. The van der Waals surface area contributed by atoms with Crippen molar-refractivity contribution in [1.29, 1.82) is 0 Å². The van der Waals surface area contributed by atoms with E-state index in [9.17, 15) is 14.7 Å². The Hall–Kier alpha value is -1.84. The molecule has 4 nitrogen and oxygen atoms in total. The number of benzene rings is 1. The molecular weight excluding hydrogens is 266 g/mol. The third-order valence-corrected chi connectivity index (χ3v) is 4.41. The van der Waals surface area contributed by atoms with Crippen LogP contribution in [0.1, 0.15) is 56.9 Å². The molecule has 0 aliphatic heterocycles. The van der Waals surface area contributed by atoms with E-state index in [0.29, 0.717) is 19.3 Å². The van der Waals surface area contributed by atoms with Crippen molar-refractivity contribution < 1.29 is 14.7 Å². The first-order valence-electron chi connectivity index (χ1n) is 7.69. The van der Waals surface area contributed by atoms with E-state index in [2.05, 4.69) is 5.32 Å². The zero-order chi connectivity index (χ0) is 15.3. The number of aliphatic carboxylic acids is 1. The van der Waals surface area contributed by atoms with Crippen molar-refractivity contribution in [1.82, 2.24) is 5.32 Å². The highest BCUT2D eigenvalue weighted by Gasteiger charge is 2.41. The topological polar surface area (TPSA) is 66.4 Å². The molecule has 0 bridgehead atoms. The van der Waals surface area contributed by atoms with Gasteiger partial charge in [-0.15, -0.1) is 0 Å². The van der Waals surface area contributed by atoms with Gasteiger partial charge in [-0.25, -0.2) is 4.79 Å². The molecule has 0 saturated heterocycles. The number of carbonyl (C=O) groups is 2. The molecule has 0 spiro atoms. The minimum absolute atomic E-state index is 0.173. The summed E-state index contributed by atoms with van der Waals surface area (Å²) in [7, 11) is 0. The first kappa shape index (κ1) is 15.5. The molecule has 2 rings (SSSR count). The van der Waals surface area contributed by atoms with Crippen LogP contribution in [0.4, 0.5) is 0 Å². The van der Waals surface area contributed by atoms with Crippen LogP contribution in [-0.4, -0.2) is 22.5 Å². The molecular formula is C17H23NO3. The standard InChI is InChI=1S/C17H23NO3/c1-2-14(13-9-5-3-6-10-13)15(19)18-17(16(20)21)11-7-4-8-12-17/h3,5-6,9-10,14H,2,4,7-8,11-12H2,1H3,(H,18,19)(H,20,21). The summed E-state index contributed by atoms with van der Waals surface area (Å²) in [4.78, 5) is 24.2. The number of carbonyl (C=O) groups excluding carboxylic acids is 1. The van der Waals surface area contributed by atoms with E-state index >= 15 is 0 Å². The predicted octanol–water partition coefficient (Wildman–Crippen LogP) is 3.08. The fourth-order valence-electron chi connectivity index (χ4n) is 3.13. The van der Waals surface area contributed by atoms with Gasteiger partial charge in [-0.05, 0) is 24.8 Å². The normalized spacial score (nSPS) is 18.7. The summed E-state index contributed by atoms with van der Waals surface area (Å²) in [6.07, 6.45) is 4.47. The average Bonchev–Trinajstić information content (AvgIpc) is 2.50. The smallest absolute Gasteiger partial charge is 0.329 e. The summed E-state index contributed by atoms with van der Waals surface area (Å²) >= 11 is 0. The SMILES string of the molecule is CCC(C(=O)NC1(C(=O)O)CCCCC1)c1ccccc1. The number of rotatable bonds is 5. The zero-order valence-electron chi connectivity index (χ0n) is 12.5. The van der Waals surface area contributed by atoms with Gasteiger partial charge in [-0.3, -0.25) is 4.79 Å². The average molecular weight is 289 g/mol. The van der Waals surface area contributed by atoms with Crippen LogP contribution in [0.2, 0.25) is 0 Å². The Morgan fingerprint density at radius 2 is 1.81 bits per heavy atom. The van der Waals surface area contributed by atoms with Crippen molar-refractivity contribution in [2.45, 2.75) is 56.9 Å². The maximum atomic E-state index is 12.6. The molecule has 0 aromatic heterocycles. The van der Waals surface area contributed by atoms with E-state index in [4.69, 9.17) is 0 Å². The van der Waals surface area contributed by atoms with E-state index in [1.54, 1.807) is 0 Å². The number of amides is 1. The molecule has 1 aromatic carbocycles. The van der Waals surface area contributed by atoms with Gasteiger partial charge in [0.05, 0.1) is 5.92 Å². The van der Waals surface area contributed by atoms with E-state index in [0.717, 1.165) is 24.8 Å². The highest BCUT2D eigenvalue weighted by Crippen LogP contribution is 2.30. The van der Waals surface area contributed by atoms with Crippen LogP contribution in [0.5, 0.6) is 0 Å². The molecule has 1 aromatic rings. The lowest BCUT2D eigenvalue weighted by Gasteiger charge is -2.35. The van der Waals surface area contributed by atoms with E-state index < -0.39 is 11.5 Å². The summed E-state index contributed by atoms with van der Waals surface area (Å²) in [6.45, 7) is 1.95. The van der Waals surface area contributed by atoms with E-state index in [1.165, 1.54) is 0 Å². The second kappa shape index (κ2) is 6.74. The Morgan fingerprint density at radius 1 is 1.19 bits per heavy atom. The van der Waals surface area contributed by atoms with Crippen LogP contribution in [0.3, 0.4) is 0 Å². The quantitative estimate of drug-likeness (QED) is 0.875. The molecule has 0 heterocycles. The van der Waals surface area contributed by atoms with Gasteiger partial charge >= 0.3 is 5.97 Å². The number of nitrogens with one attached hydrogen (secondary N) is 1. The number of carboxylic acid groups (broad SMARTS) is 1. The van der Waals surface area contributed by atoms with Gasteiger partial charge in [0.1, 0.15) is 5.54 Å². The monoisotopic (exact) mass is 289 g/mol. The van der Waals surface area contributed by atoms with Crippen LogP contribution < -0.4 is 5.32 Å². The van der Waals surface area contributed by atoms with Gasteiger partial charge in [0, 0.05) is 0 Å². The Bertz CT molecular complexity index is 492. The van der Waals surface area contributed by atoms with Crippen molar-refractivity contribution in [3.8, 4) is 0 Å². The molecule has 1 aliphatic rings. The summed E-state index contributed by atoms with van der Waals surface area (Å²) in [6, 6.07) is 9.55. The largest absolute Gasteiger partial charge is 0.480 e. The lowest BCUT2D eigenvalue weighted by Crippen LogP contribution is -2.56. The second-order valence-electron chi connectivity index (χ2n) is 5.81. The highest BCUT2D eigenvalue weighted by atomic mass is 16.4. The molecule has 2 N–H and O–H groups in total. The van der Waals surface area contributed by atoms with Crippen molar-refractivity contribution in [2.24, 2.45) is 0 Å². The maximum Gasteiger partial charge on any atom is 0.329 e. The summed E-state index contributed by atoms with van der Waals surface area (Å²) < 4.78 is 0. The molecule has 1 unspecified atom stereocenters. The van der Waals surface area contributed by atoms with Gasteiger partial charge in [0.15, 0.2) is 0 Å². The van der Waals surface area contributed by atoms with E-state index in [-0.39, 0.29) is 11.8 Å². The van der Waals surface area contributed by atoms with Crippen molar-refractivity contribution >= 4 is 11.9 Å². The molecule has 1 aliphatic carbocycles. The minimum Gasteiger partial charge on any atom is -0.480 e. The minimum atomic E-state index is -1.07. The second-order valence-corrected chi connectivity index (χ2v) is 5.81. The van der Waals surface area contributed by atoms with Gasteiger partial charge in [0.2, 0.25) is 5.91 Å². The number of hydrogen-bond acceptors (Lipinski definition) is 2. The predicted molar refractivity (Wildman–Crippen MR) is 81.1 cm³/mol. The van der Waals surface area contributed by atoms with Crippen LogP contribution in [0, 0.1) is 0 Å². The molecule has 4 heteroatoms. The third-order valence-electron chi connectivity index (χ3n) is 4.41. The number of hydrogen-bond donors (Lipinski definition) is 2. The van der Waals surface area contributed by atoms with Gasteiger partial charge in [-0.1, -0.05) is 56.5 Å². The molecule has 1 amide bonds. The fraction of sp³-hybridized carbons (Fsp3) is 0.529. The zero-order valence-corrected chi connectivity index (χ0v) is 12.5. The summed E-state index contributed by atoms with van der Waals surface area (Å²) in [5.41, 5.74) is -0.133. The van der Waals surface area contributed by atoms with Crippen molar-refractivity contribution in [3.05, 3.63) is 35.9 Å². The molecule has 114 valence electrons. The molecule has 0 radical (unpaired) electrons. The third kappa shape index (κ3) is 3.43. The van der Waals surface area contributed by atoms with Crippen LogP contribution in [-0.2, 0) is 9.59 Å². The lowest BCUT2D eigenvalue weighted by atomic mass is 9.81. The molecule has 1 fully saturated rings. The van der Waals surface area contributed by atoms with Gasteiger partial charge in [-0.2, -0.15) is 0 Å².